The Kier molecular flexibility index (Phi) is 3.38. The molecule has 1 atom stereocenters. The standard InChI is InChI=1S/C17H17F3N2O4/c1-9(17(18,19)20)26-11-3-13-21-12(5-22(13)4-10(11)14(23)24)16-6-15(2,7-16)25-8-16/h3-5,9H,6-8H2,1-2H3,(H,23,24). The van der Waals surface area contributed by atoms with Crippen LogP contribution in [0.1, 0.15) is 42.7 Å². The van der Waals surface area contributed by atoms with Gasteiger partial charge in [0.05, 0.1) is 17.9 Å². The van der Waals surface area contributed by atoms with Gasteiger partial charge in [-0.3, -0.25) is 0 Å². The molecule has 3 aliphatic rings. The zero-order valence-electron chi connectivity index (χ0n) is 14.1. The summed E-state index contributed by atoms with van der Waals surface area (Å²) in [5.41, 5.74) is 0.397. The highest BCUT2D eigenvalue weighted by molar-refractivity contribution is 5.91. The first kappa shape index (κ1) is 17.1. The summed E-state index contributed by atoms with van der Waals surface area (Å²) in [7, 11) is 0. The second-order valence-electron chi connectivity index (χ2n) is 7.42. The number of carboxylic acids is 1. The highest BCUT2D eigenvalue weighted by Gasteiger charge is 2.61. The fraction of sp³-hybridized carbons (Fsp3) is 0.529. The second-order valence-corrected chi connectivity index (χ2v) is 7.42. The number of aromatic nitrogens is 2. The van der Waals surface area contributed by atoms with Gasteiger partial charge in [-0.15, -0.1) is 0 Å². The quantitative estimate of drug-likeness (QED) is 0.895. The number of hydrogen-bond acceptors (Lipinski definition) is 4. The molecule has 6 nitrogen and oxygen atoms in total. The van der Waals surface area contributed by atoms with Crippen LogP contribution in [0.5, 0.6) is 5.75 Å². The summed E-state index contributed by atoms with van der Waals surface area (Å²) in [4.78, 5) is 16.0. The lowest BCUT2D eigenvalue weighted by molar-refractivity contribution is -0.189. The van der Waals surface area contributed by atoms with E-state index in [0.717, 1.165) is 25.5 Å². The molecule has 2 aliphatic heterocycles. The van der Waals surface area contributed by atoms with Crippen molar-refractivity contribution in [3.8, 4) is 5.75 Å². The molecule has 2 aromatic heterocycles. The van der Waals surface area contributed by atoms with E-state index < -0.39 is 18.2 Å². The number of hydrogen-bond donors (Lipinski definition) is 1. The summed E-state index contributed by atoms with van der Waals surface area (Å²) in [6.45, 7) is 3.39. The Labute approximate surface area is 146 Å². The third-order valence-corrected chi connectivity index (χ3v) is 5.21. The monoisotopic (exact) mass is 370 g/mol. The number of fused-ring (bicyclic) bond motifs is 2. The highest BCUT2D eigenvalue weighted by atomic mass is 19.4. The summed E-state index contributed by atoms with van der Waals surface area (Å²) < 4.78 is 50.5. The molecule has 3 fully saturated rings. The average molecular weight is 370 g/mol. The van der Waals surface area contributed by atoms with Crippen molar-refractivity contribution in [1.29, 1.82) is 0 Å². The first-order chi connectivity index (χ1) is 12.0. The molecule has 5 rings (SSSR count). The molecule has 2 saturated heterocycles. The molecule has 0 spiro atoms. The highest BCUT2D eigenvalue weighted by Crippen LogP contribution is 2.58. The van der Waals surface area contributed by atoms with E-state index >= 15 is 0 Å². The van der Waals surface area contributed by atoms with Crippen molar-refractivity contribution < 1.29 is 32.5 Å². The smallest absolute Gasteiger partial charge is 0.425 e. The number of imidazole rings is 1. The second kappa shape index (κ2) is 5.12. The van der Waals surface area contributed by atoms with Crippen LogP contribution >= 0.6 is 0 Å². The summed E-state index contributed by atoms with van der Waals surface area (Å²) in [5.74, 6) is -1.73. The molecule has 1 saturated carbocycles. The summed E-state index contributed by atoms with van der Waals surface area (Å²) in [5, 5.41) is 9.34. The zero-order valence-corrected chi connectivity index (χ0v) is 14.1. The molecule has 26 heavy (non-hydrogen) atoms. The number of rotatable bonds is 4. The maximum atomic E-state index is 12.8. The normalized spacial score (nSPS) is 28.8. The topological polar surface area (TPSA) is 73.1 Å². The Hall–Kier alpha value is -2.29. The van der Waals surface area contributed by atoms with Crippen molar-refractivity contribution in [2.75, 3.05) is 6.61 Å². The number of aromatic carboxylic acids is 1. The molecule has 0 aromatic carbocycles. The molecule has 1 unspecified atom stereocenters. The minimum atomic E-state index is -4.60. The molecule has 4 heterocycles. The number of carboxylic acid groups (broad SMARTS) is 1. The molecule has 1 aliphatic carbocycles. The Bertz CT molecular complexity index is 899. The maximum absolute atomic E-state index is 12.8. The molecule has 2 bridgehead atoms. The van der Waals surface area contributed by atoms with E-state index in [2.05, 4.69) is 4.98 Å². The van der Waals surface area contributed by atoms with Gasteiger partial charge in [0.15, 0.2) is 6.10 Å². The Morgan fingerprint density at radius 2 is 2.12 bits per heavy atom. The maximum Gasteiger partial charge on any atom is 0.425 e. The van der Waals surface area contributed by atoms with Crippen molar-refractivity contribution in [2.45, 2.75) is 50.0 Å². The molecule has 2 aromatic rings. The molecule has 9 heteroatoms. The van der Waals surface area contributed by atoms with Crippen LogP contribution in [0.2, 0.25) is 0 Å². The van der Waals surface area contributed by atoms with Gasteiger partial charge in [-0.1, -0.05) is 0 Å². The third-order valence-electron chi connectivity index (χ3n) is 5.21. The number of nitrogens with zero attached hydrogens (tertiary/aromatic N) is 2. The lowest BCUT2D eigenvalue weighted by Crippen LogP contribution is -2.45. The number of pyridine rings is 1. The van der Waals surface area contributed by atoms with Gasteiger partial charge < -0.3 is 19.0 Å². The van der Waals surface area contributed by atoms with Crippen LogP contribution in [0.15, 0.2) is 18.5 Å². The first-order valence-corrected chi connectivity index (χ1v) is 8.15. The summed E-state index contributed by atoms with van der Waals surface area (Å²) in [6.07, 6.45) is -2.14. The van der Waals surface area contributed by atoms with Gasteiger partial charge in [0.1, 0.15) is 17.0 Å². The van der Waals surface area contributed by atoms with Gasteiger partial charge in [-0.25, -0.2) is 9.78 Å². The van der Waals surface area contributed by atoms with E-state index in [-0.39, 0.29) is 22.3 Å². The van der Waals surface area contributed by atoms with Crippen LogP contribution in [0, 0.1) is 0 Å². The lowest BCUT2D eigenvalue weighted by atomic mass is 9.62. The van der Waals surface area contributed by atoms with Gasteiger partial charge in [-0.05, 0) is 26.7 Å². The average Bonchev–Trinajstić information content (AvgIpc) is 3.15. The van der Waals surface area contributed by atoms with Crippen LogP contribution < -0.4 is 4.74 Å². The minimum absolute atomic E-state index is 0.140. The van der Waals surface area contributed by atoms with Crippen LogP contribution in [0.4, 0.5) is 13.2 Å². The van der Waals surface area contributed by atoms with Crippen molar-refractivity contribution in [3.63, 3.8) is 0 Å². The summed E-state index contributed by atoms with van der Waals surface area (Å²) >= 11 is 0. The Balaban J connectivity index is 1.73. The first-order valence-electron chi connectivity index (χ1n) is 8.15. The van der Waals surface area contributed by atoms with E-state index in [1.54, 1.807) is 6.20 Å². The van der Waals surface area contributed by atoms with E-state index in [1.165, 1.54) is 16.7 Å². The third kappa shape index (κ3) is 2.53. The van der Waals surface area contributed by atoms with Gasteiger partial charge in [0, 0.05) is 23.9 Å². The lowest BCUT2D eigenvalue weighted by Gasteiger charge is -2.41. The predicted molar refractivity (Wildman–Crippen MR) is 83.6 cm³/mol. The SMILES string of the molecule is CC(Oc1cc2nc(C34COC(C)(C3)C4)cn2cc1C(=O)O)C(F)(F)F. The fourth-order valence-electron chi connectivity index (χ4n) is 3.94. The van der Waals surface area contributed by atoms with Crippen molar-refractivity contribution in [2.24, 2.45) is 0 Å². The van der Waals surface area contributed by atoms with E-state index in [9.17, 15) is 23.1 Å². The van der Waals surface area contributed by atoms with Crippen molar-refractivity contribution >= 4 is 11.6 Å². The van der Waals surface area contributed by atoms with E-state index in [1.807, 2.05) is 6.92 Å². The van der Waals surface area contributed by atoms with Gasteiger partial charge >= 0.3 is 12.1 Å². The van der Waals surface area contributed by atoms with Crippen molar-refractivity contribution in [1.82, 2.24) is 9.38 Å². The molecule has 0 radical (unpaired) electrons. The molecule has 140 valence electrons. The van der Waals surface area contributed by atoms with Crippen molar-refractivity contribution in [3.05, 3.63) is 29.7 Å². The van der Waals surface area contributed by atoms with Crippen LogP contribution in [0.3, 0.4) is 0 Å². The fourth-order valence-corrected chi connectivity index (χ4v) is 3.94. The number of ether oxygens (including phenoxy) is 2. The molecule has 1 N–H and O–H groups in total. The van der Waals surface area contributed by atoms with Gasteiger partial charge in [0.25, 0.3) is 0 Å². The molecular weight excluding hydrogens is 353 g/mol. The van der Waals surface area contributed by atoms with Gasteiger partial charge in [0.2, 0.25) is 0 Å². The number of alkyl halides is 3. The minimum Gasteiger partial charge on any atom is -0.480 e. The van der Waals surface area contributed by atoms with Crippen LogP contribution in [-0.4, -0.2) is 44.9 Å². The Morgan fingerprint density at radius 3 is 2.65 bits per heavy atom. The summed E-state index contributed by atoms with van der Waals surface area (Å²) in [6, 6.07) is 1.24. The molecular formula is C17H17F3N2O4. The van der Waals surface area contributed by atoms with E-state index in [0.29, 0.717) is 12.3 Å². The number of halogens is 3. The molecule has 0 amide bonds. The van der Waals surface area contributed by atoms with Crippen LogP contribution in [-0.2, 0) is 10.2 Å². The Morgan fingerprint density at radius 1 is 1.42 bits per heavy atom. The van der Waals surface area contributed by atoms with E-state index in [4.69, 9.17) is 9.47 Å². The van der Waals surface area contributed by atoms with Crippen LogP contribution in [0.25, 0.3) is 5.65 Å². The zero-order chi connectivity index (χ0) is 18.9. The largest absolute Gasteiger partial charge is 0.480 e. The predicted octanol–water partition coefficient (Wildman–Crippen LogP) is 3.18. The van der Waals surface area contributed by atoms with Gasteiger partial charge in [-0.2, -0.15) is 13.2 Å². The number of carbonyl (C=O) groups is 1.